The molecule has 1 aromatic heterocycles. The van der Waals surface area contributed by atoms with Gasteiger partial charge < -0.3 is 10.2 Å². The van der Waals surface area contributed by atoms with E-state index in [0.717, 1.165) is 21.1 Å². The predicted molar refractivity (Wildman–Crippen MR) is 48.3 cm³/mol. The monoisotopic (exact) mass is 211 g/mol. The van der Waals surface area contributed by atoms with Crippen LogP contribution in [0, 0.1) is 0 Å². The Labute approximate surface area is 72.1 Å². The molecule has 0 aliphatic carbocycles. The smallest absolute Gasteiger partial charge is 0.150 e. The SMILES string of the molecule is Nc1ccc(Br)c2occc12. The van der Waals surface area contributed by atoms with Crippen LogP contribution in [0.5, 0.6) is 0 Å². The van der Waals surface area contributed by atoms with Crippen molar-refractivity contribution in [1.82, 2.24) is 0 Å². The van der Waals surface area contributed by atoms with Crippen molar-refractivity contribution >= 4 is 32.6 Å². The van der Waals surface area contributed by atoms with Gasteiger partial charge in [-0.2, -0.15) is 0 Å². The van der Waals surface area contributed by atoms with Crippen LogP contribution in [0.4, 0.5) is 5.69 Å². The Morgan fingerprint density at radius 2 is 2.09 bits per heavy atom. The molecule has 1 aromatic carbocycles. The molecular formula is C8H6BrNO. The Kier molecular flexibility index (Phi) is 1.39. The van der Waals surface area contributed by atoms with Crippen LogP contribution >= 0.6 is 15.9 Å². The van der Waals surface area contributed by atoms with Gasteiger partial charge in [0.25, 0.3) is 0 Å². The minimum Gasteiger partial charge on any atom is -0.463 e. The molecule has 0 bridgehead atoms. The van der Waals surface area contributed by atoms with E-state index in [1.807, 2.05) is 18.2 Å². The third-order valence-corrected chi connectivity index (χ3v) is 2.23. The first kappa shape index (κ1) is 6.73. The van der Waals surface area contributed by atoms with Gasteiger partial charge in [0.15, 0.2) is 0 Å². The summed E-state index contributed by atoms with van der Waals surface area (Å²) in [6.07, 6.45) is 1.63. The molecule has 11 heavy (non-hydrogen) atoms. The second-order valence-electron chi connectivity index (χ2n) is 2.30. The number of anilines is 1. The van der Waals surface area contributed by atoms with Crippen LogP contribution < -0.4 is 5.73 Å². The molecule has 0 unspecified atom stereocenters. The van der Waals surface area contributed by atoms with Crippen LogP contribution in [-0.4, -0.2) is 0 Å². The van der Waals surface area contributed by atoms with Crippen molar-refractivity contribution in [2.75, 3.05) is 5.73 Å². The van der Waals surface area contributed by atoms with Crippen LogP contribution in [0.25, 0.3) is 11.0 Å². The predicted octanol–water partition coefficient (Wildman–Crippen LogP) is 2.78. The second kappa shape index (κ2) is 2.27. The van der Waals surface area contributed by atoms with Crippen LogP contribution in [0.1, 0.15) is 0 Å². The van der Waals surface area contributed by atoms with E-state index in [4.69, 9.17) is 10.2 Å². The Balaban J connectivity index is 2.96. The summed E-state index contributed by atoms with van der Waals surface area (Å²) in [6.45, 7) is 0. The maximum atomic E-state index is 5.69. The summed E-state index contributed by atoms with van der Waals surface area (Å²) < 4.78 is 6.14. The first-order valence-corrected chi connectivity index (χ1v) is 3.99. The Morgan fingerprint density at radius 3 is 2.82 bits per heavy atom. The van der Waals surface area contributed by atoms with E-state index in [1.54, 1.807) is 6.26 Å². The molecule has 2 aromatic rings. The zero-order chi connectivity index (χ0) is 7.84. The number of benzene rings is 1. The summed E-state index contributed by atoms with van der Waals surface area (Å²) in [6, 6.07) is 5.58. The van der Waals surface area contributed by atoms with Gasteiger partial charge in [-0.1, -0.05) is 0 Å². The van der Waals surface area contributed by atoms with Gasteiger partial charge in [0.2, 0.25) is 0 Å². The van der Waals surface area contributed by atoms with Gasteiger partial charge in [0.05, 0.1) is 10.7 Å². The lowest BCUT2D eigenvalue weighted by molar-refractivity contribution is 0.614. The quantitative estimate of drug-likeness (QED) is 0.682. The Bertz CT molecular complexity index is 358. The Hall–Kier alpha value is -0.960. The fraction of sp³-hybridized carbons (Fsp3) is 0. The fourth-order valence-corrected chi connectivity index (χ4v) is 1.49. The van der Waals surface area contributed by atoms with Crippen LogP contribution in [0.3, 0.4) is 0 Å². The second-order valence-corrected chi connectivity index (χ2v) is 3.15. The van der Waals surface area contributed by atoms with Gasteiger partial charge in [-0.05, 0) is 34.1 Å². The highest BCUT2D eigenvalue weighted by molar-refractivity contribution is 9.10. The molecule has 0 fully saturated rings. The van der Waals surface area contributed by atoms with E-state index in [2.05, 4.69) is 15.9 Å². The normalized spacial score (nSPS) is 10.6. The van der Waals surface area contributed by atoms with E-state index >= 15 is 0 Å². The van der Waals surface area contributed by atoms with Crippen LogP contribution in [0.15, 0.2) is 33.4 Å². The number of fused-ring (bicyclic) bond motifs is 1. The van der Waals surface area contributed by atoms with Crippen molar-refractivity contribution < 1.29 is 4.42 Å². The van der Waals surface area contributed by atoms with Gasteiger partial charge in [0, 0.05) is 11.1 Å². The van der Waals surface area contributed by atoms with Crippen molar-refractivity contribution in [1.29, 1.82) is 0 Å². The van der Waals surface area contributed by atoms with Gasteiger partial charge in [-0.25, -0.2) is 0 Å². The minimum absolute atomic E-state index is 0.747. The molecule has 1 heterocycles. The zero-order valence-electron chi connectivity index (χ0n) is 5.67. The molecule has 2 rings (SSSR count). The fourth-order valence-electron chi connectivity index (χ4n) is 1.05. The largest absolute Gasteiger partial charge is 0.463 e. The summed E-state index contributed by atoms with van der Waals surface area (Å²) in [5.74, 6) is 0. The summed E-state index contributed by atoms with van der Waals surface area (Å²) in [5.41, 5.74) is 7.25. The maximum Gasteiger partial charge on any atom is 0.150 e. The molecular weight excluding hydrogens is 206 g/mol. The number of nitrogens with two attached hydrogens (primary N) is 1. The summed E-state index contributed by atoms with van der Waals surface area (Å²) in [7, 11) is 0. The average molecular weight is 212 g/mol. The molecule has 2 N–H and O–H groups in total. The number of rotatable bonds is 0. The molecule has 0 aliphatic heterocycles. The molecule has 0 radical (unpaired) electrons. The van der Waals surface area contributed by atoms with Crippen molar-refractivity contribution in [2.45, 2.75) is 0 Å². The number of halogens is 1. The molecule has 2 nitrogen and oxygen atoms in total. The van der Waals surface area contributed by atoms with Crippen molar-refractivity contribution in [2.24, 2.45) is 0 Å². The molecule has 0 saturated heterocycles. The number of hydrogen-bond donors (Lipinski definition) is 1. The van der Waals surface area contributed by atoms with Crippen LogP contribution in [0.2, 0.25) is 0 Å². The van der Waals surface area contributed by atoms with E-state index in [1.165, 1.54) is 0 Å². The lowest BCUT2D eigenvalue weighted by atomic mass is 10.2. The topological polar surface area (TPSA) is 39.2 Å². The standard InChI is InChI=1S/C8H6BrNO/c9-6-1-2-7(10)5-3-4-11-8(5)6/h1-4H,10H2. The van der Waals surface area contributed by atoms with Crippen molar-refractivity contribution in [3.63, 3.8) is 0 Å². The zero-order valence-corrected chi connectivity index (χ0v) is 7.26. The number of furan rings is 1. The number of nitrogen functional groups attached to an aromatic ring is 1. The first-order chi connectivity index (χ1) is 5.29. The van der Waals surface area contributed by atoms with E-state index in [-0.39, 0.29) is 0 Å². The van der Waals surface area contributed by atoms with Crippen molar-refractivity contribution in [3.8, 4) is 0 Å². The first-order valence-electron chi connectivity index (χ1n) is 3.20. The van der Waals surface area contributed by atoms with Gasteiger partial charge in [-0.3, -0.25) is 0 Å². The maximum absolute atomic E-state index is 5.69. The van der Waals surface area contributed by atoms with E-state index in [0.29, 0.717) is 0 Å². The molecule has 0 amide bonds. The van der Waals surface area contributed by atoms with Crippen LogP contribution in [-0.2, 0) is 0 Å². The van der Waals surface area contributed by atoms with Crippen molar-refractivity contribution in [3.05, 3.63) is 28.9 Å². The molecule has 0 aliphatic rings. The highest BCUT2D eigenvalue weighted by Crippen LogP contribution is 2.28. The molecule has 0 saturated carbocycles. The lowest BCUT2D eigenvalue weighted by Crippen LogP contribution is -1.83. The summed E-state index contributed by atoms with van der Waals surface area (Å²) >= 11 is 3.36. The molecule has 3 heteroatoms. The summed E-state index contributed by atoms with van der Waals surface area (Å²) in [4.78, 5) is 0. The average Bonchev–Trinajstić information content (AvgIpc) is 2.45. The number of hydrogen-bond acceptors (Lipinski definition) is 2. The van der Waals surface area contributed by atoms with Gasteiger partial charge in [-0.15, -0.1) is 0 Å². The third-order valence-electron chi connectivity index (χ3n) is 1.60. The third kappa shape index (κ3) is 0.922. The molecule has 56 valence electrons. The van der Waals surface area contributed by atoms with Gasteiger partial charge >= 0.3 is 0 Å². The summed E-state index contributed by atoms with van der Waals surface area (Å²) in [5, 5.41) is 0.958. The Morgan fingerprint density at radius 1 is 1.27 bits per heavy atom. The lowest BCUT2D eigenvalue weighted by Gasteiger charge is -1.95. The van der Waals surface area contributed by atoms with E-state index in [9.17, 15) is 0 Å². The van der Waals surface area contributed by atoms with E-state index < -0.39 is 0 Å². The molecule has 0 atom stereocenters. The molecule has 0 spiro atoms. The minimum atomic E-state index is 0.747. The van der Waals surface area contributed by atoms with Gasteiger partial charge in [0.1, 0.15) is 5.58 Å². The highest BCUT2D eigenvalue weighted by atomic mass is 79.9. The highest BCUT2D eigenvalue weighted by Gasteiger charge is 2.03.